The molecular formula is C12H11NO5. The maximum absolute atomic E-state index is 12.1. The topological polar surface area (TPSA) is 77.8 Å². The summed E-state index contributed by atoms with van der Waals surface area (Å²) in [7, 11) is 2.65. The van der Waals surface area contributed by atoms with Crippen LogP contribution in [-0.2, 0) is 0 Å². The van der Waals surface area contributed by atoms with E-state index in [1.807, 2.05) is 0 Å². The zero-order valence-electron chi connectivity index (χ0n) is 9.84. The van der Waals surface area contributed by atoms with Gasteiger partial charge in [-0.3, -0.25) is 4.79 Å². The van der Waals surface area contributed by atoms with Crippen LogP contribution in [0.1, 0.15) is 10.4 Å². The number of hydrogen-bond donors (Lipinski definition) is 1. The molecule has 94 valence electrons. The second kappa shape index (κ2) is 4.40. The van der Waals surface area contributed by atoms with Gasteiger partial charge in [0, 0.05) is 0 Å². The molecule has 0 unspecified atom stereocenters. The largest absolute Gasteiger partial charge is 0.479 e. The molecule has 6 heteroatoms. The Labute approximate surface area is 102 Å². The molecule has 0 saturated heterocycles. The lowest BCUT2D eigenvalue weighted by Crippen LogP contribution is -2.23. The quantitative estimate of drug-likeness (QED) is 0.869. The first-order chi connectivity index (χ1) is 8.61. The van der Waals surface area contributed by atoms with Crippen molar-refractivity contribution in [3.63, 3.8) is 0 Å². The molecule has 0 aliphatic carbocycles. The summed E-state index contributed by atoms with van der Waals surface area (Å²) in [6, 6.07) is 6.56. The van der Waals surface area contributed by atoms with Gasteiger partial charge in [0.1, 0.15) is 7.11 Å². The van der Waals surface area contributed by atoms with Crippen molar-refractivity contribution >= 4 is 16.9 Å². The number of methoxy groups -OCH3 is 1. The van der Waals surface area contributed by atoms with Gasteiger partial charge < -0.3 is 14.7 Å². The number of benzene rings is 1. The molecule has 0 fully saturated rings. The van der Waals surface area contributed by atoms with Gasteiger partial charge in [-0.15, -0.1) is 4.73 Å². The lowest BCUT2D eigenvalue weighted by atomic mass is 10.1. The van der Waals surface area contributed by atoms with Crippen LogP contribution in [0.25, 0.3) is 10.9 Å². The summed E-state index contributed by atoms with van der Waals surface area (Å²) in [4.78, 5) is 28.3. The molecule has 18 heavy (non-hydrogen) atoms. The maximum atomic E-state index is 12.1. The summed E-state index contributed by atoms with van der Waals surface area (Å²) >= 11 is 0. The average molecular weight is 249 g/mol. The van der Waals surface area contributed by atoms with Crippen molar-refractivity contribution in [1.29, 1.82) is 0 Å². The third kappa shape index (κ3) is 1.58. The zero-order chi connectivity index (χ0) is 13.3. The number of hydrogen-bond acceptors (Lipinski definition) is 4. The van der Waals surface area contributed by atoms with Gasteiger partial charge in [0.05, 0.1) is 18.0 Å². The smallest absolute Gasteiger partial charge is 0.345 e. The number of carboxylic acids is 1. The molecule has 0 aliphatic heterocycles. The van der Waals surface area contributed by atoms with Gasteiger partial charge in [-0.2, -0.15) is 0 Å². The Hall–Kier alpha value is -2.50. The van der Waals surface area contributed by atoms with E-state index in [0.29, 0.717) is 5.52 Å². The molecule has 1 N–H and O–H groups in total. The highest BCUT2D eigenvalue weighted by Gasteiger charge is 2.23. The van der Waals surface area contributed by atoms with Crippen molar-refractivity contribution in [2.45, 2.75) is 0 Å². The number of aromatic carboxylic acids is 1. The Balaban J connectivity index is 3.05. The maximum Gasteiger partial charge on any atom is 0.345 e. The number of para-hydroxylation sites is 1. The molecule has 0 spiro atoms. The van der Waals surface area contributed by atoms with Gasteiger partial charge in [0.15, 0.2) is 5.56 Å². The number of ether oxygens (including phenoxy) is 1. The predicted octanol–water partition coefficient (Wildman–Crippen LogP) is 0.767. The van der Waals surface area contributed by atoms with E-state index in [2.05, 4.69) is 0 Å². The fraction of sp³-hybridized carbons (Fsp3) is 0.167. The van der Waals surface area contributed by atoms with Gasteiger partial charge in [-0.25, -0.2) is 4.79 Å². The van der Waals surface area contributed by atoms with Gasteiger partial charge in [0.25, 0.3) is 0 Å². The molecule has 2 rings (SSSR count). The number of carbonyl (C=O) groups is 1. The van der Waals surface area contributed by atoms with Crippen LogP contribution >= 0.6 is 0 Å². The Bertz CT molecular complexity index is 674. The molecule has 0 saturated carbocycles. The minimum atomic E-state index is -1.35. The third-order valence-electron chi connectivity index (χ3n) is 2.58. The van der Waals surface area contributed by atoms with Crippen LogP contribution in [0.3, 0.4) is 0 Å². The van der Waals surface area contributed by atoms with Gasteiger partial charge in [0.2, 0.25) is 11.3 Å². The highest BCUT2D eigenvalue weighted by Crippen LogP contribution is 2.21. The molecule has 0 amide bonds. The van der Waals surface area contributed by atoms with Crippen molar-refractivity contribution in [2.24, 2.45) is 0 Å². The van der Waals surface area contributed by atoms with Crippen LogP contribution < -0.4 is 15.0 Å². The van der Waals surface area contributed by atoms with Crippen molar-refractivity contribution in [1.82, 2.24) is 4.73 Å². The minimum absolute atomic E-state index is 0.131. The summed E-state index contributed by atoms with van der Waals surface area (Å²) in [6.07, 6.45) is 0. The van der Waals surface area contributed by atoms with Gasteiger partial charge in [-0.1, -0.05) is 12.1 Å². The van der Waals surface area contributed by atoms with Crippen LogP contribution in [0.5, 0.6) is 5.88 Å². The standard InChI is InChI=1S/C12H11NO5/c1-17-11-9(12(15)16)10(14)7-5-3-4-6-8(7)13(11)18-2/h3-6H,1-2H3,(H,15,16). The molecule has 0 atom stereocenters. The number of pyridine rings is 1. The van der Waals surface area contributed by atoms with Gasteiger partial charge in [-0.05, 0) is 12.1 Å². The molecule has 6 nitrogen and oxygen atoms in total. The highest BCUT2D eigenvalue weighted by molar-refractivity contribution is 5.95. The molecule has 1 heterocycles. The summed E-state index contributed by atoms with van der Waals surface area (Å²) in [6.45, 7) is 0. The van der Waals surface area contributed by atoms with Crippen LogP contribution in [0.15, 0.2) is 29.1 Å². The first kappa shape index (κ1) is 12.0. The molecule has 0 bridgehead atoms. The third-order valence-corrected chi connectivity index (χ3v) is 2.58. The SMILES string of the molecule is COc1c(C(=O)O)c(=O)c2ccccc2n1OC. The second-order valence-corrected chi connectivity index (χ2v) is 3.51. The average Bonchev–Trinajstić information content (AvgIpc) is 2.38. The van der Waals surface area contributed by atoms with Crippen molar-refractivity contribution in [3.05, 3.63) is 40.1 Å². The number of carboxylic acid groups (broad SMARTS) is 1. The Morgan fingerprint density at radius 1 is 1.28 bits per heavy atom. The molecule has 0 aliphatic rings. The van der Waals surface area contributed by atoms with Crippen molar-refractivity contribution < 1.29 is 19.5 Å². The van der Waals surface area contributed by atoms with E-state index in [0.717, 1.165) is 0 Å². The lowest BCUT2D eigenvalue weighted by Gasteiger charge is -2.15. The van der Waals surface area contributed by atoms with E-state index in [4.69, 9.17) is 14.7 Å². The molecule has 1 aromatic heterocycles. The van der Waals surface area contributed by atoms with Crippen molar-refractivity contribution in [2.75, 3.05) is 14.2 Å². The summed E-state index contributed by atoms with van der Waals surface area (Å²) in [5.74, 6) is -1.48. The predicted molar refractivity (Wildman–Crippen MR) is 64.2 cm³/mol. The number of fused-ring (bicyclic) bond motifs is 1. The van der Waals surface area contributed by atoms with E-state index in [9.17, 15) is 9.59 Å². The van der Waals surface area contributed by atoms with Crippen molar-refractivity contribution in [3.8, 4) is 5.88 Å². The van der Waals surface area contributed by atoms with Crippen LogP contribution in [0, 0.1) is 0 Å². The first-order valence-electron chi connectivity index (χ1n) is 5.11. The fourth-order valence-electron chi connectivity index (χ4n) is 1.84. The van der Waals surface area contributed by atoms with Gasteiger partial charge >= 0.3 is 5.97 Å². The summed E-state index contributed by atoms with van der Waals surface area (Å²) < 4.78 is 6.16. The highest BCUT2D eigenvalue weighted by atomic mass is 16.7. The normalized spacial score (nSPS) is 10.3. The number of nitrogens with zero attached hydrogens (tertiary/aromatic N) is 1. The monoisotopic (exact) mass is 249 g/mol. The number of rotatable bonds is 3. The second-order valence-electron chi connectivity index (χ2n) is 3.51. The first-order valence-corrected chi connectivity index (χ1v) is 5.11. The minimum Gasteiger partial charge on any atom is -0.479 e. The Morgan fingerprint density at radius 3 is 2.50 bits per heavy atom. The number of aromatic nitrogens is 1. The molecule has 2 aromatic rings. The lowest BCUT2D eigenvalue weighted by molar-refractivity contribution is 0.0681. The van der Waals surface area contributed by atoms with Crippen LogP contribution in [0.2, 0.25) is 0 Å². The van der Waals surface area contributed by atoms with E-state index >= 15 is 0 Å². The van der Waals surface area contributed by atoms with Crippen LogP contribution in [0.4, 0.5) is 0 Å². The molecule has 0 radical (unpaired) electrons. The molecule has 1 aromatic carbocycles. The zero-order valence-corrected chi connectivity index (χ0v) is 9.84. The Kier molecular flexibility index (Phi) is 2.93. The van der Waals surface area contributed by atoms with Crippen LogP contribution in [-0.4, -0.2) is 30.0 Å². The van der Waals surface area contributed by atoms with E-state index in [1.54, 1.807) is 24.3 Å². The van der Waals surface area contributed by atoms with E-state index in [-0.39, 0.29) is 11.3 Å². The van der Waals surface area contributed by atoms with E-state index < -0.39 is 17.0 Å². The summed E-state index contributed by atoms with van der Waals surface area (Å²) in [5.41, 5.74) is -0.590. The Morgan fingerprint density at radius 2 is 1.94 bits per heavy atom. The molecular weight excluding hydrogens is 238 g/mol. The summed E-state index contributed by atoms with van der Waals surface area (Å²) in [5, 5.41) is 9.37. The fourth-order valence-corrected chi connectivity index (χ4v) is 1.84. The van der Waals surface area contributed by atoms with E-state index in [1.165, 1.54) is 19.0 Å².